The molecule has 2 aromatic heterocycles. The fourth-order valence-corrected chi connectivity index (χ4v) is 7.53. The molecule has 3 aliphatic carbocycles. The van der Waals surface area contributed by atoms with E-state index in [1.165, 1.54) is 0 Å². The van der Waals surface area contributed by atoms with Crippen molar-refractivity contribution >= 4 is 40.7 Å². The standard InChI is InChI=1S/C30H40N6O5/c1-30(2)18-15-36(23(21(18)30)27(39)33-19(24(37)25(31)38)14-16-8-6-9-16)28(40)22(17-10-4-3-5-11-17)34-29-35-26-20(41-29)12-7-13-32-26/h7,12-13,16-19,21-23H,3-6,8-11,14-15H2,1-2H3,(H2,31,38)(H,33,39)(H,32,34,35)/t18-,19+,21?,22+,23+/m1/s1. The lowest BCUT2D eigenvalue weighted by Gasteiger charge is -2.37. The molecule has 6 rings (SSSR count). The molecule has 3 heterocycles. The van der Waals surface area contributed by atoms with Gasteiger partial charge in [0, 0.05) is 12.7 Å². The minimum Gasteiger partial charge on any atom is -0.422 e. The molecule has 0 bridgehead atoms. The number of amides is 3. The zero-order chi connectivity index (χ0) is 28.9. The van der Waals surface area contributed by atoms with E-state index in [4.69, 9.17) is 10.2 Å². The molecule has 1 saturated heterocycles. The van der Waals surface area contributed by atoms with E-state index >= 15 is 0 Å². The molecule has 11 nitrogen and oxygen atoms in total. The second-order valence-corrected chi connectivity index (χ2v) is 13.1. The van der Waals surface area contributed by atoms with Crippen LogP contribution >= 0.6 is 0 Å². The molecule has 4 fully saturated rings. The van der Waals surface area contributed by atoms with Crippen LogP contribution < -0.4 is 16.4 Å². The summed E-state index contributed by atoms with van der Waals surface area (Å²) >= 11 is 0. The Morgan fingerprint density at radius 3 is 2.54 bits per heavy atom. The number of aromatic nitrogens is 2. The van der Waals surface area contributed by atoms with Gasteiger partial charge >= 0.3 is 0 Å². The second kappa shape index (κ2) is 10.7. The summed E-state index contributed by atoms with van der Waals surface area (Å²) in [4.78, 5) is 63.2. The highest BCUT2D eigenvalue weighted by Gasteiger charge is 2.69. The summed E-state index contributed by atoms with van der Waals surface area (Å²) < 4.78 is 5.88. The Hall–Kier alpha value is -3.50. The summed E-state index contributed by atoms with van der Waals surface area (Å²) in [6, 6.07) is 1.47. The molecule has 1 unspecified atom stereocenters. The second-order valence-electron chi connectivity index (χ2n) is 13.1. The third-order valence-corrected chi connectivity index (χ3v) is 10.3. The summed E-state index contributed by atoms with van der Waals surface area (Å²) in [5.74, 6) is -1.88. The maximum Gasteiger partial charge on any atom is 0.297 e. The first kappa shape index (κ1) is 27.7. The highest BCUT2D eigenvalue weighted by Crippen LogP contribution is 2.65. The zero-order valence-corrected chi connectivity index (χ0v) is 23.8. The number of hydrogen-bond donors (Lipinski definition) is 3. The number of fused-ring (bicyclic) bond motifs is 2. The molecule has 11 heteroatoms. The van der Waals surface area contributed by atoms with Crippen LogP contribution in [0.4, 0.5) is 6.01 Å². The number of piperidine rings is 1. The van der Waals surface area contributed by atoms with Gasteiger partial charge in [-0.25, -0.2) is 4.98 Å². The summed E-state index contributed by atoms with van der Waals surface area (Å²) in [7, 11) is 0. The maximum atomic E-state index is 14.4. The lowest BCUT2D eigenvalue weighted by Crippen LogP contribution is -2.58. The van der Waals surface area contributed by atoms with Crippen molar-refractivity contribution in [3.05, 3.63) is 18.3 Å². The van der Waals surface area contributed by atoms with E-state index in [0.29, 0.717) is 24.2 Å². The first-order valence-corrected chi connectivity index (χ1v) is 15.1. The van der Waals surface area contributed by atoms with Gasteiger partial charge in [-0.3, -0.25) is 19.2 Å². The van der Waals surface area contributed by atoms with Crippen molar-refractivity contribution in [3.63, 3.8) is 0 Å². The van der Waals surface area contributed by atoms with Gasteiger partial charge in [0.15, 0.2) is 5.58 Å². The summed E-state index contributed by atoms with van der Waals surface area (Å²) in [6.45, 7) is 4.70. The van der Waals surface area contributed by atoms with Crippen LogP contribution in [0.15, 0.2) is 22.7 Å². The average molecular weight is 565 g/mol. The summed E-state index contributed by atoms with van der Waals surface area (Å²) in [6.07, 6.45) is 10.0. The van der Waals surface area contributed by atoms with Crippen LogP contribution in [0.25, 0.3) is 11.2 Å². The molecular weight excluding hydrogens is 524 g/mol. The van der Waals surface area contributed by atoms with Crippen LogP contribution in [0.3, 0.4) is 0 Å². The molecule has 2 aromatic rings. The number of nitrogens with one attached hydrogen (secondary N) is 2. The van der Waals surface area contributed by atoms with Gasteiger partial charge in [-0.2, -0.15) is 4.98 Å². The van der Waals surface area contributed by atoms with Crippen molar-refractivity contribution in [3.8, 4) is 0 Å². The van der Waals surface area contributed by atoms with E-state index in [0.717, 1.165) is 51.4 Å². The van der Waals surface area contributed by atoms with Crippen LogP contribution in [0.2, 0.25) is 0 Å². The van der Waals surface area contributed by atoms with Crippen molar-refractivity contribution in [1.82, 2.24) is 20.2 Å². The Morgan fingerprint density at radius 2 is 1.88 bits per heavy atom. The minimum atomic E-state index is -1.05. The van der Waals surface area contributed by atoms with Gasteiger partial charge in [0.25, 0.3) is 11.9 Å². The molecule has 1 aliphatic heterocycles. The third kappa shape index (κ3) is 5.19. The highest BCUT2D eigenvalue weighted by molar-refractivity contribution is 6.37. The van der Waals surface area contributed by atoms with Crippen LogP contribution in [0.1, 0.15) is 71.6 Å². The predicted octanol–water partition coefficient (Wildman–Crippen LogP) is 2.80. The van der Waals surface area contributed by atoms with Gasteiger partial charge < -0.3 is 25.7 Å². The van der Waals surface area contributed by atoms with Crippen LogP contribution in [0, 0.1) is 29.1 Å². The quantitative estimate of drug-likeness (QED) is 0.371. The molecule has 0 radical (unpaired) electrons. The lowest BCUT2D eigenvalue weighted by molar-refractivity contribution is -0.144. The number of nitrogens with zero attached hydrogens (tertiary/aromatic N) is 3. The third-order valence-electron chi connectivity index (χ3n) is 10.3. The first-order chi connectivity index (χ1) is 19.6. The Balaban J connectivity index is 1.26. The molecule has 3 amide bonds. The number of likely N-dealkylation sites (tertiary alicyclic amines) is 1. The van der Waals surface area contributed by atoms with E-state index in [1.54, 1.807) is 23.2 Å². The Labute approximate surface area is 239 Å². The summed E-state index contributed by atoms with van der Waals surface area (Å²) in [5, 5.41) is 6.15. The molecule has 0 spiro atoms. The van der Waals surface area contributed by atoms with E-state index in [9.17, 15) is 19.2 Å². The predicted molar refractivity (Wildman–Crippen MR) is 150 cm³/mol. The van der Waals surface area contributed by atoms with Gasteiger partial charge in [-0.1, -0.05) is 52.4 Å². The topological polar surface area (TPSA) is 161 Å². The van der Waals surface area contributed by atoms with Gasteiger partial charge in [0.05, 0.1) is 6.04 Å². The number of hydrogen-bond acceptors (Lipinski definition) is 8. The number of nitrogens with two attached hydrogens (primary N) is 1. The van der Waals surface area contributed by atoms with Crippen molar-refractivity contribution in [1.29, 1.82) is 0 Å². The molecule has 4 aliphatic rings. The molecular formula is C30H40N6O5. The Kier molecular flexibility index (Phi) is 7.23. The number of Topliss-reactive ketones (excluding diaryl/α,β-unsaturated/α-hetero) is 1. The monoisotopic (exact) mass is 564 g/mol. The average Bonchev–Trinajstić information content (AvgIpc) is 3.29. The number of carbonyl (C=O) groups excluding carboxylic acids is 4. The van der Waals surface area contributed by atoms with Crippen LogP contribution in [-0.4, -0.2) is 63.0 Å². The number of oxazole rings is 1. The SMILES string of the molecule is CC1(C)C2[C@@H](C(=O)N[C@@H](CC3CCC3)C(=O)C(N)=O)N(C(=O)[C@@H](Nc3nc4ncccc4o3)C3CCCCC3)C[C@H]21. The fraction of sp³-hybridized carbons (Fsp3) is 0.667. The van der Waals surface area contributed by atoms with Crippen molar-refractivity contribution < 1.29 is 23.6 Å². The number of pyridine rings is 1. The lowest BCUT2D eigenvalue weighted by atomic mass is 9.80. The first-order valence-electron chi connectivity index (χ1n) is 15.1. The number of carbonyl (C=O) groups is 4. The van der Waals surface area contributed by atoms with E-state index in [2.05, 4.69) is 34.4 Å². The minimum absolute atomic E-state index is 0.0278. The molecule has 5 atom stereocenters. The molecule has 220 valence electrons. The smallest absolute Gasteiger partial charge is 0.297 e. The van der Waals surface area contributed by atoms with E-state index in [-0.39, 0.29) is 46.9 Å². The molecule has 0 aromatic carbocycles. The van der Waals surface area contributed by atoms with Crippen molar-refractivity contribution in [2.24, 2.45) is 34.8 Å². The summed E-state index contributed by atoms with van der Waals surface area (Å²) in [5.41, 5.74) is 6.24. The van der Waals surface area contributed by atoms with E-state index in [1.807, 2.05) is 0 Å². The number of rotatable bonds is 10. The number of primary amides is 1. The number of anilines is 1. The maximum absolute atomic E-state index is 14.4. The van der Waals surface area contributed by atoms with Gasteiger partial charge in [0.2, 0.25) is 23.2 Å². The van der Waals surface area contributed by atoms with Crippen LogP contribution in [0.5, 0.6) is 0 Å². The van der Waals surface area contributed by atoms with Gasteiger partial charge in [0.1, 0.15) is 12.1 Å². The van der Waals surface area contributed by atoms with Gasteiger partial charge in [-0.05, 0) is 60.5 Å². The molecule has 41 heavy (non-hydrogen) atoms. The molecule has 3 saturated carbocycles. The largest absolute Gasteiger partial charge is 0.422 e. The van der Waals surface area contributed by atoms with Gasteiger partial charge in [-0.15, -0.1) is 0 Å². The van der Waals surface area contributed by atoms with E-state index < -0.39 is 29.8 Å². The zero-order valence-electron chi connectivity index (χ0n) is 23.8. The molecule has 4 N–H and O–H groups in total. The fourth-order valence-electron chi connectivity index (χ4n) is 7.53. The number of ketones is 1. The van der Waals surface area contributed by atoms with Crippen molar-refractivity contribution in [2.45, 2.75) is 89.8 Å². The Bertz CT molecular complexity index is 1310. The Morgan fingerprint density at radius 1 is 1.12 bits per heavy atom. The van der Waals surface area contributed by atoms with Crippen LogP contribution in [-0.2, 0) is 19.2 Å². The highest BCUT2D eigenvalue weighted by atomic mass is 16.4. The van der Waals surface area contributed by atoms with Crippen molar-refractivity contribution in [2.75, 3.05) is 11.9 Å². The normalized spacial score (nSPS) is 27.0.